The molecule has 0 unspecified atom stereocenters. The van der Waals surface area contributed by atoms with Gasteiger partial charge in [-0.05, 0) is 46.0 Å². The van der Waals surface area contributed by atoms with Crippen LogP contribution in [0, 0.1) is 6.92 Å². The van der Waals surface area contributed by atoms with E-state index in [4.69, 9.17) is 16.3 Å². The normalized spacial score (nSPS) is 13.8. The minimum absolute atomic E-state index is 0. The average Bonchev–Trinajstić information content (AvgIpc) is 3.13. The minimum Gasteiger partial charge on any atom is -0.459 e. The van der Waals surface area contributed by atoms with Crippen molar-refractivity contribution in [2.24, 2.45) is 7.05 Å². The number of halogens is 2. The predicted octanol–water partition coefficient (Wildman–Crippen LogP) is 3.63. The number of benzene rings is 1. The smallest absolute Gasteiger partial charge is 0.339 e. The van der Waals surface area contributed by atoms with Crippen molar-refractivity contribution in [3.63, 3.8) is 0 Å². The first-order chi connectivity index (χ1) is 17.5. The highest BCUT2D eigenvalue weighted by atomic mass is 35.5. The number of aromatic nitrogens is 3. The van der Waals surface area contributed by atoms with Crippen LogP contribution in [0.5, 0.6) is 0 Å². The van der Waals surface area contributed by atoms with E-state index in [1.165, 1.54) is 24.4 Å². The van der Waals surface area contributed by atoms with Crippen LogP contribution in [0.15, 0.2) is 24.4 Å². The van der Waals surface area contributed by atoms with Crippen molar-refractivity contribution in [3.8, 4) is 0 Å². The van der Waals surface area contributed by atoms with E-state index in [9.17, 15) is 14.4 Å². The highest BCUT2D eigenvalue weighted by molar-refractivity contribution is 6.33. The Labute approximate surface area is 231 Å². The van der Waals surface area contributed by atoms with Gasteiger partial charge in [0.15, 0.2) is 5.65 Å². The molecule has 11 nitrogen and oxygen atoms in total. The molecule has 2 aromatic heterocycles. The van der Waals surface area contributed by atoms with Gasteiger partial charge in [-0.2, -0.15) is 5.10 Å². The number of ether oxygens (including phenoxy) is 1. The van der Waals surface area contributed by atoms with Gasteiger partial charge in [-0.25, -0.2) is 14.6 Å². The third-order valence-electron chi connectivity index (χ3n) is 6.08. The van der Waals surface area contributed by atoms with Gasteiger partial charge in [0.1, 0.15) is 0 Å². The molecule has 4 rings (SSSR count). The fraction of sp³-hybridized carbons (Fsp3) is 0.400. The van der Waals surface area contributed by atoms with Crippen molar-refractivity contribution in [1.29, 1.82) is 0 Å². The third kappa shape index (κ3) is 6.17. The quantitative estimate of drug-likeness (QED) is 0.451. The Bertz CT molecular complexity index is 1370. The number of esters is 1. The molecule has 1 saturated heterocycles. The van der Waals surface area contributed by atoms with Gasteiger partial charge in [-0.3, -0.25) is 14.8 Å². The number of fused-ring (bicyclic) bond motifs is 1. The molecule has 1 aromatic carbocycles. The van der Waals surface area contributed by atoms with E-state index in [-0.39, 0.29) is 40.3 Å². The second kappa shape index (κ2) is 12.0. The number of carbonyl (C=O) groups excluding carboxylic acids is 3. The molecular formula is C25H31Cl2N7O4. The number of rotatable bonds is 5. The molecule has 2 N–H and O–H groups in total. The first-order valence-corrected chi connectivity index (χ1v) is 12.3. The molecule has 1 aliphatic rings. The van der Waals surface area contributed by atoms with E-state index in [1.54, 1.807) is 25.6 Å². The Balaban J connectivity index is 0.00000400. The molecule has 1 aliphatic heterocycles. The summed E-state index contributed by atoms with van der Waals surface area (Å²) in [4.78, 5) is 47.2. The molecule has 0 spiro atoms. The summed E-state index contributed by atoms with van der Waals surface area (Å²) in [7, 11) is 3.86. The monoisotopic (exact) mass is 563 g/mol. The highest BCUT2D eigenvalue weighted by Crippen LogP contribution is 2.32. The standard InChI is InChI=1S/C25H30ClN7O4.ClH/c1-14(2)37-24(35)17-12-16(6-7-19(17)26)28-25(36)29-23(34)18-13-27-22-20(15(3)30-32(22)5)21(18)33-10-8-31(4)9-11-33;/h6-7,12-14H,8-11H2,1-5H3,(H2,28,29,34,36);1H. The Morgan fingerprint density at radius 3 is 2.42 bits per heavy atom. The summed E-state index contributed by atoms with van der Waals surface area (Å²) in [6.45, 7) is 8.43. The van der Waals surface area contributed by atoms with Crippen molar-refractivity contribution < 1.29 is 19.1 Å². The summed E-state index contributed by atoms with van der Waals surface area (Å²) in [6.07, 6.45) is 1.15. The van der Waals surface area contributed by atoms with Crippen molar-refractivity contribution in [1.82, 2.24) is 25.0 Å². The largest absolute Gasteiger partial charge is 0.459 e. The molecule has 13 heteroatoms. The molecule has 3 heterocycles. The van der Waals surface area contributed by atoms with Crippen LogP contribution >= 0.6 is 24.0 Å². The lowest BCUT2D eigenvalue weighted by molar-refractivity contribution is 0.0378. The van der Waals surface area contributed by atoms with Gasteiger partial charge in [0.25, 0.3) is 5.91 Å². The summed E-state index contributed by atoms with van der Waals surface area (Å²) >= 11 is 6.13. The number of aryl methyl sites for hydroxylation is 2. The Hall–Kier alpha value is -3.41. The summed E-state index contributed by atoms with van der Waals surface area (Å²) in [5, 5.41) is 10.4. The lowest BCUT2D eigenvalue weighted by atomic mass is 10.1. The van der Waals surface area contributed by atoms with Gasteiger partial charge in [-0.15, -0.1) is 12.4 Å². The van der Waals surface area contributed by atoms with E-state index in [0.717, 1.165) is 37.3 Å². The van der Waals surface area contributed by atoms with E-state index >= 15 is 0 Å². The first kappa shape index (κ1) is 29.2. The lowest BCUT2D eigenvalue weighted by Gasteiger charge is -2.35. The van der Waals surface area contributed by atoms with Crippen LogP contribution in [-0.2, 0) is 11.8 Å². The Morgan fingerprint density at radius 1 is 1.08 bits per heavy atom. The molecule has 0 atom stereocenters. The van der Waals surface area contributed by atoms with Crippen molar-refractivity contribution >= 4 is 64.3 Å². The number of piperazine rings is 1. The van der Waals surface area contributed by atoms with Gasteiger partial charge in [0.2, 0.25) is 0 Å². The fourth-order valence-corrected chi connectivity index (χ4v) is 4.48. The number of hydrogen-bond acceptors (Lipinski definition) is 8. The van der Waals surface area contributed by atoms with E-state index in [2.05, 4.69) is 37.6 Å². The van der Waals surface area contributed by atoms with Crippen molar-refractivity contribution in [2.45, 2.75) is 26.9 Å². The van der Waals surface area contributed by atoms with E-state index < -0.39 is 17.9 Å². The molecule has 0 saturated carbocycles. The highest BCUT2D eigenvalue weighted by Gasteiger charge is 2.27. The molecule has 38 heavy (non-hydrogen) atoms. The van der Waals surface area contributed by atoms with Crippen LogP contribution in [0.3, 0.4) is 0 Å². The molecular weight excluding hydrogens is 533 g/mol. The number of pyridine rings is 1. The van der Waals surface area contributed by atoms with Crippen LogP contribution in [0.1, 0.15) is 40.3 Å². The molecule has 0 aliphatic carbocycles. The fourth-order valence-electron chi connectivity index (χ4n) is 4.29. The van der Waals surface area contributed by atoms with Gasteiger partial charge in [-0.1, -0.05) is 11.6 Å². The third-order valence-corrected chi connectivity index (χ3v) is 6.41. The van der Waals surface area contributed by atoms with Crippen molar-refractivity contribution in [2.75, 3.05) is 43.4 Å². The maximum absolute atomic E-state index is 13.3. The molecule has 0 bridgehead atoms. The van der Waals surface area contributed by atoms with Crippen LogP contribution in [-0.4, -0.2) is 76.9 Å². The Kier molecular flexibility index (Phi) is 9.18. The summed E-state index contributed by atoms with van der Waals surface area (Å²) in [6, 6.07) is 3.65. The number of imide groups is 1. The van der Waals surface area contributed by atoms with Crippen molar-refractivity contribution in [3.05, 3.63) is 46.2 Å². The predicted molar refractivity (Wildman–Crippen MR) is 149 cm³/mol. The van der Waals surface area contributed by atoms with Gasteiger partial charge in [0.05, 0.1) is 39.0 Å². The average molecular weight is 564 g/mol. The summed E-state index contributed by atoms with van der Waals surface area (Å²) in [5.74, 6) is -1.21. The topological polar surface area (TPSA) is 122 Å². The summed E-state index contributed by atoms with van der Waals surface area (Å²) < 4.78 is 6.88. The second-order valence-electron chi connectivity index (χ2n) is 9.28. The summed E-state index contributed by atoms with van der Waals surface area (Å²) in [5.41, 5.74) is 2.79. The molecule has 204 valence electrons. The van der Waals surface area contributed by atoms with Gasteiger partial charge < -0.3 is 19.9 Å². The molecule has 1 fully saturated rings. The molecule has 3 amide bonds. The van der Waals surface area contributed by atoms with Crippen LogP contribution < -0.4 is 15.5 Å². The van der Waals surface area contributed by atoms with Crippen LogP contribution in [0.25, 0.3) is 11.0 Å². The number of urea groups is 1. The van der Waals surface area contributed by atoms with Crippen LogP contribution in [0.4, 0.5) is 16.2 Å². The van der Waals surface area contributed by atoms with Crippen LogP contribution in [0.2, 0.25) is 5.02 Å². The number of nitrogens with zero attached hydrogens (tertiary/aromatic N) is 5. The molecule has 0 radical (unpaired) electrons. The number of amides is 3. The Morgan fingerprint density at radius 2 is 1.76 bits per heavy atom. The number of anilines is 2. The first-order valence-electron chi connectivity index (χ1n) is 11.9. The van der Waals surface area contributed by atoms with Gasteiger partial charge in [0, 0.05) is 45.1 Å². The van der Waals surface area contributed by atoms with Gasteiger partial charge >= 0.3 is 12.0 Å². The van der Waals surface area contributed by atoms with E-state index in [0.29, 0.717) is 11.3 Å². The zero-order chi connectivity index (χ0) is 26.9. The number of carbonyl (C=O) groups is 3. The lowest BCUT2D eigenvalue weighted by Crippen LogP contribution is -2.45. The number of likely N-dealkylation sites (N-methyl/N-ethyl adjacent to an activating group) is 1. The zero-order valence-electron chi connectivity index (χ0n) is 21.9. The zero-order valence-corrected chi connectivity index (χ0v) is 23.4. The van der Waals surface area contributed by atoms with E-state index in [1.807, 2.05) is 6.92 Å². The molecule has 3 aromatic rings. The number of nitrogens with one attached hydrogen (secondary N) is 2. The maximum Gasteiger partial charge on any atom is 0.339 e. The maximum atomic E-state index is 13.3. The second-order valence-corrected chi connectivity index (χ2v) is 9.68. The minimum atomic E-state index is -0.761. The number of hydrogen-bond donors (Lipinski definition) is 2. The SMILES string of the molecule is Cc1nn(C)c2ncc(C(=O)NC(=O)Nc3ccc(Cl)c(C(=O)OC(C)C)c3)c(N3CCN(C)CC3)c12.Cl.